The van der Waals surface area contributed by atoms with Crippen molar-refractivity contribution in [3.63, 3.8) is 0 Å². The molecule has 0 radical (unpaired) electrons. The summed E-state index contributed by atoms with van der Waals surface area (Å²) in [5.74, 6) is 1.69. The number of hydrogen-bond donors (Lipinski definition) is 1. The summed E-state index contributed by atoms with van der Waals surface area (Å²) in [6, 6.07) is 6.29. The normalized spacial score (nSPS) is 19.1. The molecule has 1 saturated carbocycles. The second-order valence-electron chi connectivity index (χ2n) is 5.20. The van der Waals surface area contributed by atoms with Crippen molar-refractivity contribution in [2.75, 3.05) is 13.2 Å². The van der Waals surface area contributed by atoms with E-state index in [0.29, 0.717) is 19.3 Å². The average molecular weight is 293 g/mol. The molecule has 1 amide bonds. The molecule has 1 aliphatic carbocycles. The highest BCUT2D eigenvalue weighted by molar-refractivity contribution is 8.00. The van der Waals surface area contributed by atoms with Crippen LogP contribution in [-0.2, 0) is 4.79 Å². The van der Waals surface area contributed by atoms with Gasteiger partial charge in [-0.2, -0.15) is 0 Å². The van der Waals surface area contributed by atoms with E-state index in [2.05, 4.69) is 5.32 Å². The fourth-order valence-electron chi connectivity index (χ4n) is 2.02. The zero-order chi connectivity index (χ0) is 13.9. The van der Waals surface area contributed by atoms with Gasteiger partial charge in [0.05, 0.1) is 18.5 Å². The minimum atomic E-state index is -0.0969. The van der Waals surface area contributed by atoms with Gasteiger partial charge in [-0.25, -0.2) is 0 Å². The highest BCUT2D eigenvalue weighted by Crippen LogP contribution is 2.35. The van der Waals surface area contributed by atoms with Crippen molar-refractivity contribution in [1.82, 2.24) is 5.32 Å². The van der Waals surface area contributed by atoms with Crippen LogP contribution in [0.15, 0.2) is 23.1 Å². The van der Waals surface area contributed by atoms with Gasteiger partial charge in [0.25, 0.3) is 0 Å². The van der Waals surface area contributed by atoms with Crippen LogP contribution in [0.2, 0.25) is 0 Å². The van der Waals surface area contributed by atoms with Gasteiger partial charge in [-0.3, -0.25) is 4.79 Å². The Morgan fingerprint density at radius 1 is 1.30 bits per heavy atom. The minimum Gasteiger partial charge on any atom is -0.490 e. The Labute approximate surface area is 123 Å². The van der Waals surface area contributed by atoms with Crippen LogP contribution in [0, 0.1) is 0 Å². The Balaban J connectivity index is 1.64. The molecule has 1 fully saturated rings. The average Bonchev–Trinajstić information content (AvgIpc) is 3.24. The number of carbonyl (C=O) groups is 1. The first-order valence-corrected chi connectivity index (χ1v) is 7.97. The third-order valence-corrected chi connectivity index (χ3v) is 4.42. The van der Waals surface area contributed by atoms with E-state index in [1.165, 1.54) is 0 Å². The maximum absolute atomic E-state index is 12.0. The molecule has 2 aliphatic rings. The van der Waals surface area contributed by atoms with E-state index in [4.69, 9.17) is 9.47 Å². The summed E-state index contributed by atoms with van der Waals surface area (Å²) in [5.41, 5.74) is 0. The summed E-state index contributed by atoms with van der Waals surface area (Å²) in [6.07, 6.45) is 3.14. The number of hydrogen-bond acceptors (Lipinski definition) is 4. The zero-order valence-electron chi connectivity index (χ0n) is 11.6. The van der Waals surface area contributed by atoms with E-state index >= 15 is 0 Å². The van der Waals surface area contributed by atoms with Gasteiger partial charge in [-0.15, -0.1) is 11.8 Å². The topological polar surface area (TPSA) is 47.6 Å². The van der Waals surface area contributed by atoms with Gasteiger partial charge in [-0.1, -0.05) is 0 Å². The summed E-state index contributed by atoms with van der Waals surface area (Å²) < 4.78 is 11.3. The molecule has 1 heterocycles. The Hall–Kier alpha value is -1.36. The first-order valence-electron chi connectivity index (χ1n) is 7.09. The molecule has 0 bridgehead atoms. The molecule has 3 rings (SSSR count). The Morgan fingerprint density at radius 3 is 2.80 bits per heavy atom. The molecule has 108 valence electrons. The van der Waals surface area contributed by atoms with Crippen molar-refractivity contribution >= 4 is 17.7 Å². The molecular weight excluding hydrogens is 274 g/mol. The van der Waals surface area contributed by atoms with Crippen LogP contribution >= 0.6 is 11.8 Å². The van der Waals surface area contributed by atoms with Crippen molar-refractivity contribution in [2.24, 2.45) is 0 Å². The van der Waals surface area contributed by atoms with Crippen molar-refractivity contribution in [1.29, 1.82) is 0 Å². The number of amides is 1. The molecule has 1 aliphatic heterocycles. The van der Waals surface area contributed by atoms with E-state index in [1.54, 1.807) is 11.8 Å². The fraction of sp³-hybridized carbons (Fsp3) is 0.533. The summed E-state index contributed by atoms with van der Waals surface area (Å²) in [5, 5.41) is 2.93. The summed E-state index contributed by atoms with van der Waals surface area (Å²) in [4.78, 5) is 13.0. The van der Waals surface area contributed by atoms with Gasteiger partial charge in [0.15, 0.2) is 11.5 Å². The zero-order valence-corrected chi connectivity index (χ0v) is 12.4. The van der Waals surface area contributed by atoms with E-state index < -0.39 is 0 Å². The monoisotopic (exact) mass is 293 g/mol. The van der Waals surface area contributed by atoms with Gasteiger partial charge in [0, 0.05) is 17.4 Å². The van der Waals surface area contributed by atoms with Crippen molar-refractivity contribution in [3.05, 3.63) is 18.2 Å². The molecule has 1 aromatic rings. The summed E-state index contributed by atoms with van der Waals surface area (Å²) >= 11 is 1.55. The molecule has 0 unspecified atom stereocenters. The number of rotatable bonds is 4. The van der Waals surface area contributed by atoms with Gasteiger partial charge < -0.3 is 14.8 Å². The molecular formula is C15H19NO3S. The van der Waals surface area contributed by atoms with Crippen LogP contribution in [0.4, 0.5) is 0 Å². The van der Waals surface area contributed by atoms with E-state index in [-0.39, 0.29) is 11.2 Å². The lowest BCUT2D eigenvalue weighted by molar-refractivity contribution is -0.120. The van der Waals surface area contributed by atoms with Crippen LogP contribution in [0.25, 0.3) is 0 Å². The van der Waals surface area contributed by atoms with E-state index in [0.717, 1.165) is 35.7 Å². The third kappa shape index (κ3) is 3.39. The lowest BCUT2D eigenvalue weighted by Gasteiger charge is -2.13. The predicted octanol–water partition coefficient (Wildman–Crippen LogP) is 2.61. The van der Waals surface area contributed by atoms with Crippen LogP contribution in [0.5, 0.6) is 11.5 Å². The maximum Gasteiger partial charge on any atom is 0.233 e. The summed E-state index contributed by atoms with van der Waals surface area (Å²) in [6.45, 7) is 3.31. The highest BCUT2D eigenvalue weighted by atomic mass is 32.2. The number of carbonyl (C=O) groups excluding carboxylic acids is 1. The molecule has 0 spiro atoms. The molecule has 1 aromatic carbocycles. The van der Waals surface area contributed by atoms with Crippen LogP contribution < -0.4 is 14.8 Å². The van der Waals surface area contributed by atoms with Gasteiger partial charge in [-0.05, 0) is 38.0 Å². The maximum atomic E-state index is 12.0. The lowest BCUT2D eigenvalue weighted by atomic mass is 10.3. The number of thioether (sulfide) groups is 1. The van der Waals surface area contributed by atoms with E-state index in [1.807, 2.05) is 25.1 Å². The number of benzene rings is 1. The second kappa shape index (κ2) is 5.95. The third-order valence-electron chi connectivity index (χ3n) is 3.32. The Bertz CT molecular complexity index is 502. The van der Waals surface area contributed by atoms with Crippen LogP contribution in [-0.4, -0.2) is 30.4 Å². The molecule has 4 nitrogen and oxygen atoms in total. The van der Waals surface area contributed by atoms with Crippen molar-refractivity contribution in [2.45, 2.75) is 42.4 Å². The van der Waals surface area contributed by atoms with Crippen molar-refractivity contribution < 1.29 is 14.3 Å². The van der Waals surface area contributed by atoms with Gasteiger partial charge in [0.2, 0.25) is 5.91 Å². The largest absolute Gasteiger partial charge is 0.490 e. The van der Waals surface area contributed by atoms with Gasteiger partial charge >= 0.3 is 0 Å². The second-order valence-corrected chi connectivity index (χ2v) is 6.62. The standard InChI is InChI=1S/C15H19NO3S/c1-10(15(17)16-11-3-4-11)20-12-5-6-13-14(9-12)19-8-2-7-18-13/h5-6,9-11H,2-4,7-8H2,1H3,(H,16,17)/t10-/m1/s1. The molecule has 0 saturated heterocycles. The predicted molar refractivity (Wildman–Crippen MR) is 78.5 cm³/mol. The number of ether oxygens (including phenoxy) is 2. The molecule has 1 N–H and O–H groups in total. The van der Waals surface area contributed by atoms with Crippen LogP contribution in [0.3, 0.4) is 0 Å². The Morgan fingerprint density at radius 2 is 2.05 bits per heavy atom. The molecule has 20 heavy (non-hydrogen) atoms. The minimum absolute atomic E-state index is 0.0969. The smallest absolute Gasteiger partial charge is 0.233 e. The lowest BCUT2D eigenvalue weighted by Crippen LogP contribution is -2.32. The molecule has 5 heteroatoms. The van der Waals surface area contributed by atoms with E-state index in [9.17, 15) is 4.79 Å². The Kier molecular flexibility index (Phi) is 4.05. The molecule has 0 aromatic heterocycles. The highest BCUT2D eigenvalue weighted by Gasteiger charge is 2.26. The SMILES string of the molecule is C[C@@H](Sc1ccc2c(c1)OCCCO2)C(=O)NC1CC1. The fourth-order valence-corrected chi connectivity index (χ4v) is 2.93. The molecule has 1 atom stereocenters. The number of nitrogens with one attached hydrogen (secondary N) is 1. The quantitative estimate of drug-likeness (QED) is 0.867. The van der Waals surface area contributed by atoms with Crippen molar-refractivity contribution in [3.8, 4) is 11.5 Å². The first-order chi connectivity index (χ1) is 9.72. The van der Waals surface area contributed by atoms with Crippen LogP contribution in [0.1, 0.15) is 26.2 Å². The van der Waals surface area contributed by atoms with Gasteiger partial charge in [0.1, 0.15) is 0 Å². The summed E-state index contributed by atoms with van der Waals surface area (Å²) in [7, 11) is 0. The number of fused-ring (bicyclic) bond motifs is 1. The first kappa shape index (κ1) is 13.6.